The van der Waals surface area contributed by atoms with E-state index in [9.17, 15) is 15.0 Å². The summed E-state index contributed by atoms with van der Waals surface area (Å²) in [5.41, 5.74) is -1.78. The van der Waals surface area contributed by atoms with Crippen molar-refractivity contribution < 1.29 is 29.7 Å². The third-order valence-electron chi connectivity index (χ3n) is 2.56. The van der Waals surface area contributed by atoms with E-state index in [2.05, 4.69) is 0 Å². The Kier molecular flexibility index (Phi) is 2.02. The summed E-state index contributed by atoms with van der Waals surface area (Å²) in [5, 5.41) is 28.8. The van der Waals surface area contributed by atoms with E-state index >= 15 is 0 Å². The number of hydroxylamine groups is 2. The molecule has 0 radical (unpaired) electrons. The van der Waals surface area contributed by atoms with Gasteiger partial charge in [0.1, 0.15) is 6.10 Å². The fourth-order valence-electron chi connectivity index (χ4n) is 1.76. The highest BCUT2D eigenvalue weighted by Crippen LogP contribution is 2.37. The topological polar surface area (TPSA) is 99.5 Å². The number of nitrogens with zero attached hydrogens (tertiary/aromatic N) is 1. The molecule has 1 unspecified atom stereocenters. The first kappa shape index (κ1) is 9.81. The fourth-order valence-corrected chi connectivity index (χ4v) is 1.76. The number of hydrogen-bond acceptors (Lipinski definition) is 6. The number of hydrogen-bond donors (Lipinski definition) is 3. The molecule has 0 spiro atoms. The molecule has 14 heavy (non-hydrogen) atoms. The number of ether oxygens (including phenoxy) is 1. The average Bonchev–Trinajstić information content (AvgIpc) is 2.34. The first-order valence-electron chi connectivity index (χ1n) is 4.12. The van der Waals surface area contributed by atoms with E-state index < -0.39 is 36.6 Å². The van der Waals surface area contributed by atoms with Gasteiger partial charge >= 0.3 is 0 Å². The van der Waals surface area contributed by atoms with Crippen molar-refractivity contribution in [1.82, 2.24) is 5.06 Å². The molecule has 0 aromatic heterocycles. The average molecular weight is 205 g/mol. The molecule has 2 heterocycles. The van der Waals surface area contributed by atoms with Gasteiger partial charge in [-0.2, -0.15) is 0 Å². The Morgan fingerprint density at radius 3 is 2.79 bits per heavy atom. The van der Waals surface area contributed by atoms with Crippen LogP contribution in [0.3, 0.4) is 0 Å². The normalized spacial score (nSPS) is 47.3. The van der Waals surface area contributed by atoms with Gasteiger partial charge in [-0.1, -0.05) is 0 Å². The molecule has 0 saturated carbocycles. The summed E-state index contributed by atoms with van der Waals surface area (Å²) in [6.07, 6.45) is -3.80. The number of carbonyl (C=O) groups excluding carboxylic acids is 1. The molecule has 4 atom stereocenters. The lowest BCUT2D eigenvalue weighted by atomic mass is 9.94. The maximum Gasteiger partial charge on any atom is 0.283 e. The van der Waals surface area contributed by atoms with Gasteiger partial charge in [-0.05, 0) is 0 Å². The molecular formula is C7H11NO6. The van der Waals surface area contributed by atoms with Crippen molar-refractivity contribution in [3.63, 3.8) is 0 Å². The van der Waals surface area contributed by atoms with Crippen molar-refractivity contribution in [3.05, 3.63) is 0 Å². The molecule has 7 heteroatoms. The van der Waals surface area contributed by atoms with Crippen LogP contribution in [0.25, 0.3) is 0 Å². The molecule has 2 rings (SSSR count). The van der Waals surface area contributed by atoms with Crippen LogP contribution in [0.2, 0.25) is 0 Å². The smallest absolute Gasteiger partial charge is 0.283 e. The van der Waals surface area contributed by atoms with Crippen LogP contribution in [-0.4, -0.2) is 64.0 Å². The van der Waals surface area contributed by atoms with Crippen molar-refractivity contribution in [3.8, 4) is 0 Å². The number of aliphatic hydroxyl groups excluding tert-OH is 3. The van der Waals surface area contributed by atoms with Crippen LogP contribution in [0.1, 0.15) is 0 Å². The van der Waals surface area contributed by atoms with Gasteiger partial charge in [0, 0.05) is 7.05 Å². The molecule has 2 aliphatic heterocycles. The molecule has 0 aromatic rings. The second-order valence-electron chi connectivity index (χ2n) is 3.37. The SMILES string of the molecule is CN1O[C@H]2C(O)[C@@](CO)(O[C@H]2O)C1=O. The summed E-state index contributed by atoms with van der Waals surface area (Å²) in [6, 6.07) is 0. The van der Waals surface area contributed by atoms with Crippen molar-refractivity contribution in [2.45, 2.75) is 24.1 Å². The Labute approximate surface area is 79.4 Å². The maximum atomic E-state index is 11.5. The quantitative estimate of drug-likeness (QED) is 0.427. The molecule has 3 N–H and O–H groups in total. The summed E-state index contributed by atoms with van der Waals surface area (Å²) in [4.78, 5) is 16.4. The van der Waals surface area contributed by atoms with E-state index in [-0.39, 0.29) is 0 Å². The van der Waals surface area contributed by atoms with Gasteiger partial charge in [-0.15, -0.1) is 0 Å². The Balaban J connectivity index is 2.40. The molecule has 2 bridgehead atoms. The Hall–Kier alpha value is -0.730. The summed E-state index contributed by atoms with van der Waals surface area (Å²) < 4.78 is 4.86. The summed E-state index contributed by atoms with van der Waals surface area (Å²) >= 11 is 0. The van der Waals surface area contributed by atoms with Crippen LogP contribution in [0.5, 0.6) is 0 Å². The van der Waals surface area contributed by atoms with E-state index in [1.165, 1.54) is 7.05 Å². The number of fused-ring (bicyclic) bond motifs is 2. The van der Waals surface area contributed by atoms with Crippen LogP contribution < -0.4 is 0 Å². The van der Waals surface area contributed by atoms with Crippen LogP contribution in [0, 0.1) is 0 Å². The van der Waals surface area contributed by atoms with Crippen molar-refractivity contribution in [1.29, 1.82) is 0 Å². The third-order valence-corrected chi connectivity index (χ3v) is 2.56. The van der Waals surface area contributed by atoms with E-state index in [0.717, 1.165) is 5.06 Å². The standard InChI is InChI=1S/C7H11NO6/c1-8-6(12)7(2-9)4(10)3(14-8)5(11)13-7/h3-5,9-11H,2H2,1H3/t3-,4?,5+,7+/m0/s1. The second-order valence-corrected chi connectivity index (χ2v) is 3.37. The van der Waals surface area contributed by atoms with E-state index in [1.54, 1.807) is 0 Å². The highest BCUT2D eigenvalue weighted by molar-refractivity contribution is 5.86. The predicted octanol–water partition coefficient (Wildman–Crippen LogP) is -2.80. The largest absolute Gasteiger partial charge is 0.393 e. The summed E-state index contributed by atoms with van der Waals surface area (Å²) in [6.45, 7) is -0.700. The van der Waals surface area contributed by atoms with Gasteiger partial charge in [-0.3, -0.25) is 9.63 Å². The number of rotatable bonds is 1. The van der Waals surface area contributed by atoms with Gasteiger partial charge in [0.2, 0.25) is 5.60 Å². The number of carbonyl (C=O) groups is 1. The van der Waals surface area contributed by atoms with Gasteiger partial charge in [0.05, 0.1) is 6.61 Å². The monoisotopic (exact) mass is 205 g/mol. The van der Waals surface area contributed by atoms with Crippen molar-refractivity contribution in [2.24, 2.45) is 0 Å². The van der Waals surface area contributed by atoms with Crippen LogP contribution in [-0.2, 0) is 14.4 Å². The minimum absolute atomic E-state index is 0.700. The molecule has 2 fully saturated rings. The molecule has 0 aromatic carbocycles. The molecule has 0 aliphatic carbocycles. The predicted molar refractivity (Wildman–Crippen MR) is 40.6 cm³/mol. The highest BCUT2D eigenvalue weighted by Gasteiger charge is 2.64. The maximum absolute atomic E-state index is 11.5. The third kappa shape index (κ3) is 0.956. The van der Waals surface area contributed by atoms with E-state index in [1.807, 2.05) is 0 Å². The van der Waals surface area contributed by atoms with Gasteiger partial charge in [0.25, 0.3) is 5.91 Å². The van der Waals surface area contributed by atoms with Crippen LogP contribution in [0.15, 0.2) is 0 Å². The molecule has 80 valence electrons. The van der Waals surface area contributed by atoms with Crippen LogP contribution >= 0.6 is 0 Å². The lowest BCUT2D eigenvalue weighted by molar-refractivity contribution is -0.247. The van der Waals surface area contributed by atoms with Gasteiger partial charge in [-0.25, -0.2) is 5.06 Å². The summed E-state index contributed by atoms with van der Waals surface area (Å²) in [5.74, 6) is -0.708. The first-order chi connectivity index (χ1) is 6.53. The number of amides is 1. The first-order valence-corrected chi connectivity index (χ1v) is 4.12. The molecule has 7 nitrogen and oxygen atoms in total. The van der Waals surface area contributed by atoms with Crippen LogP contribution in [0.4, 0.5) is 0 Å². The minimum atomic E-state index is -1.78. The zero-order valence-corrected chi connectivity index (χ0v) is 7.45. The van der Waals surface area contributed by atoms with E-state index in [0.29, 0.717) is 0 Å². The van der Waals surface area contributed by atoms with Crippen molar-refractivity contribution >= 4 is 5.91 Å². The number of aliphatic hydroxyl groups is 3. The lowest BCUT2D eigenvalue weighted by Gasteiger charge is -2.36. The summed E-state index contributed by atoms with van der Waals surface area (Å²) in [7, 11) is 1.33. The van der Waals surface area contributed by atoms with Crippen molar-refractivity contribution in [2.75, 3.05) is 13.7 Å². The minimum Gasteiger partial charge on any atom is -0.393 e. The van der Waals surface area contributed by atoms with E-state index in [4.69, 9.17) is 14.7 Å². The fraction of sp³-hybridized carbons (Fsp3) is 0.857. The Morgan fingerprint density at radius 1 is 1.57 bits per heavy atom. The Morgan fingerprint density at radius 2 is 2.21 bits per heavy atom. The molecule has 2 aliphatic rings. The zero-order chi connectivity index (χ0) is 10.5. The Bertz CT molecular complexity index is 271. The number of likely N-dealkylation sites (N-methyl/N-ethyl adjacent to an activating group) is 1. The highest BCUT2D eigenvalue weighted by atomic mass is 16.8. The van der Waals surface area contributed by atoms with Gasteiger partial charge in [0.15, 0.2) is 12.4 Å². The molecule has 2 saturated heterocycles. The zero-order valence-electron chi connectivity index (χ0n) is 7.45. The van der Waals surface area contributed by atoms with Gasteiger partial charge < -0.3 is 20.1 Å². The lowest BCUT2D eigenvalue weighted by Crippen LogP contribution is -2.62. The second kappa shape index (κ2) is 2.88. The molecule has 1 amide bonds. The molecular weight excluding hydrogens is 194 g/mol.